The van der Waals surface area contributed by atoms with Crippen LogP contribution in [0.1, 0.15) is 17.4 Å². The van der Waals surface area contributed by atoms with Gasteiger partial charge in [-0.15, -0.1) is 11.3 Å². The fraction of sp³-hybridized carbons (Fsp3) is 0.462. The smallest absolute Gasteiger partial charge is 0.332 e. The lowest BCUT2D eigenvalue weighted by Gasteiger charge is -2.10. The summed E-state index contributed by atoms with van der Waals surface area (Å²) in [5, 5.41) is 12.2. The Labute approximate surface area is 124 Å². The monoisotopic (exact) mass is 311 g/mol. The first-order chi connectivity index (χ1) is 10.1. The van der Waals surface area contributed by atoms with Gasteiger partial charge in [0.05, 0.1) is 29.6 Å². The van der Waals surface area contributed by atoms with E-state index in [0.29, 0.717) is 40.4 Å². The van der Waals surface area contributed by atoms with Gasteiger partial charge < -0.3 is 9.94 Å². The van der Waals surface area contributed by atoms with E-state index in [1.54, 1.807) is 21.0 Å². The Morgan fingerprint density at radius 1 is 1.38 bits per heavy atom. The van der Waals surface area contributed by atoms with Crippen LogP contribution in [0.5, 0.6) is 0 Å². The summed E-state index contributed by atoms with van der Waals surface area (Å²) < 4.78 is 7.77. The zero-order valence-electron chi connectivity index (χ0n) is 12.1. The van der Waals surface area contributed by atoms with Crippen LogP contribution in [-0.4, -0.2) is 34.3 Å². The maximum Gasteiger partial charge on any atom is 0.332 e. The number of rotatable bonds is 5. The largest absolute Gasteiger partial charge is 0.411 e. The predicted octanol–water partition coefficient (Wildman–Crippen LogP) is 1.01. The Morgan fingerprint density at radius 3 is 2.67 bits per heavy atom. The number of oxime groups is 1. The molecule has 0 saturated heterocycles. The van der Waals surface area contributed by atoms with Crippen LogP contribution >= 0.6 is 11.3 Å². The van der Waals surface area contributed by atoms with Crippen molar-refractivity contribution in [3.8, 4) is 0 Å². The highest BCUT2D eigenvalue weighted by atomic mass is 32.1. The molecule has 0 spiro atoms. The summed E-state index contributed by atoms with van der Waals surface area (Å²) in [4.78, 5) is 26.1. The van der Waals surface area contributed by atoms with Crippen molar-refractivity contribution >= 4 is 27.8 Å². The summed E-state index contributed by atoms with van der Waals surface area (Å²) in [6.07, 6.45) is 1.28. The number of ether oxygens (including phenoxy) is 1. The third-order valence-electron chi connectivity index (χ3n) is 3.34. The SMILES string of the molecule is CCn1c(=O)c2c(C)c(/C=N/O)sc2n(CCOC)c1=O. The van der Waals surface area contributed by atoms with Crippen LogP contribution in [0.25, 0.3) is 10.2 Å². The molecular weight excluding hydrogens is 294 g/mol. The molecule has 2 rings (SSSR count). The lowest BCUT2D eigenvalue weighted by molar-refractivity contribution is 0.186. The summed E-state index contributed by atoms with van der Waals surface area (Å²) in [5.74, 6) is 0. The van der Waals surface area contributed by atoms with Crippen molar-refractivity contribution in [3.63, 3.8) is 0 Å². The molecule has 0 aromatic carbocycles. The normalized spacial score (nSPS) is 11.8. The molecule has 0 amide bonds. The molecule has 0 aliphatic rings. The maximum atomic E-state index is 12.5. The topological polar surface area (TPSA) is 85.8 Å². The van der Waals surface area contributed by atoms with E-state index in [9.17, 15) is 9.59 Å². The molecule has 0 fully saturated rings. The molecule has 0 radical (unpaired) electrons. The molecule has 2 aromatic heterocycles. The van der Waals surface area contributed by atoms with Gasteiger partial charge in [0.25, 0.3) is 5.56 Å². The fourth-order valence-electron chi connectivity index (χ4n) is 2.25. The third-order valence-corrected chi connectivity index (χ3v) is 4.59. The predicted molar refractivity (Wildman–Crippen MR) is 82.0 cm³/mol. The van der Waals surface area contributed by atoms with Gasteiger partial charge in [-0.05, 0) is 19.4 Å². The first-order valence-corrected chi connectivity index (χ1v) is 7.31. The van der Waals surface area contributed by atoms with Crippen molar-refractivity contribution in [1.82, 2.24) is 9.13 Å². The quantitative estimate of drug-likeness (QED) is 0.507. The lowest BCUT2D eigenvalue weighted by Crippen LogP contribution is -2.39. The Bertz CT molecular complexity index is 800. The van der Waals surface area contributed by atoms with Gasteiger partial charge in [0.2, 0.25) is 0 Å². The maximum absolute atomic E-state index is 12.5. The third kappa shape index (κ3) is 2.52. The Balaban J connectivity index is 2.90. The standard InChI is InChI=1S/C13H17N3O4S/c1-4-15-11(17)10-8(2)9(7-14-19)21-12(10)16(13(15)18)5-6-20-3/h7,19H,4-6H2,1-3H3/b14-7+. The Kier molecular flexibility index (Phi) is 4.59. The molecule has 21 heavy (non-hydrogen) atoms. The van der Waals surface area contributed by atoms with Gasteiger partial charge in [-0.3, -0.25) is 13.9 Å². The highest BCUT2D eigenvalue weighted by Crippen LogP contribution is 2.26. The van der Waals surface area contributed by atoms with E-state index in [1.807, 2.05) is 0 Å². The van der Waals surface area contributed by atoms with Gasteiger partial charge in [-0.25, -0.2) is 4.79 Å². The molecule has 8 heteroatoms. The van der Waals surface area contributed by atoms with Crippen LogP contribution in [0.4, 0.5) is 0 Å². The molecule has 0 unspecified atom stereocenters. The number of hydrogen-bond acceptors (Lipinski definition) is 6. The van der Waals surface area contributed by atoms with Gasteiger partial charge in [0, 0.05) is 13.7 Å². The van der Waals surface area contributed by atoms with Crippen LogP contribution in [0.2, 0.25) is 0 Å². The first kappa shape index (κ1) is 15.5. The van der Waals surface area contributed by atoms with Gasteiger partial charge in [-0.1, -0.05) is 5.16 Å². The molecule has 0 atom stereocenters. The zero-order valence-corrected chi connectivity index (χ0v) is 12.9. The molecule has 0 saturated carbocycles. The summed E-state index contributed by atoms with van der Waals surface area (Å²) in [6.45, 7) is 4.58. The zero-order chi connectivity index (χ0) is 15.6. The molecule has 0 bridgehead atoms. The van der Waals surface area contributed by atoms with E-state index in [1.165, 1.54) is 26.7 Å². The van der Waals surface area contributed by atoms with Gasteiger partial charge in [-0.2, -0.15) is 0 Å². The van der Waals surface area contributed by atoms with Crippen molar-refractivity contribution in [2.24, 2.45) is 5.16 Å². The van der Waals surface area contributed by atoms with Gasteiger partial charge in [0.1, 0.15) is 4.83 Å². The van der Waals surface area contributed by atoms with Crippen molar-refractivity contribution in [1.29, 1.82) is 0 Å². The van der Waals surface area contributed by atoms with Crippen LogP contribution in [0.3, 0.4) is 0 Å². The van der Waals surface area contributed by atoms with Crippen LogP contribution < -0.4 is 11.2 Å². The van der Waals surface area contributed by atoms with Crippen LogP contribution in [-0.2, 0) is 17.8 Å². The summed E-state index contributed by atoms with van der Waals surface area (Å²) in [6, 6.07) is 0. The van der Waals surface area contributed by atoms with E-state index in [-0.39, 0.29) is 11.2 Å². The Morgan fingerprint density at radius 2 is 2.10 bits per heavy atom. The van der Waals surface area contributed by atoms with E-state index in [4.69, 9.17) is 9.94 Å². The van der Waals surface area contributed by atoms with E-state index in [2.05, 4.69) is 5.16 Å². The number of fused-ring (bicyclic) bond motifs is 1. The molecule has 114 valence electrons. The van der Waals surface area contributed by atoms with E-state index < -0.39 is 0 Å². The van der Waals surface area contributed by atoms with Gasteiger partial charge in [0.15, 0.2) is 0 Å². The highest BCUT2D eigenvalue weighted by Gasteiger charge is 2.18. The average molecular weight is 311 g/mol. The number of thiophene rings is 1. The number of methoxy groups -OCH3 is 1. The molecule has 1 N–H and O–H groups in total. The minimum atomic E-state index is -0.346. The summed E-state index contributed by atoms with van der Waals surface area (Å²) in [5.41, 5.74) is 0.0597. The van der Waals surface area contributed by atoms with Crippen LogP contribution in [0, 0.1) is 6.92 Å². The van der Waals surface area contributed by atoms with Crippen molar-refractivity contribution in [3.05, 3.63) is 31.3 Å². The van der Waals surface area contributed by atoms with Crippen LogP contribution in [0.15, 0.2) is 14.7 Å². The molecular formula is C13H17N3O4S. The van der Waals surface area contributed by atoms with Crippen molar-refractivity contribution < 1.29 is 9.94 Å². The molecule has 0 aliphatic heterocycles. The second-order valence-corrected chi connectivity index (χ2v) is 5.52. The number of aromatic nitrogens is 2. The number of hydrogen-bond donors (Lipinski definition) is 1. The molecule has 0 aliphatic carbocycles. The first-order valence-electron chi connectivity index (χ1n) is 6.49. The minimum Gasteiger partial charge on any atom is -0.411 e. The van der Waals surface area contributed by atoms with E-state index in [0.717, 1.165) is 0 Å². The lowest BCUT2D eigenvalue weighted by atomic mass is 10.2. The summed E-state index contributed by atoms with van der Waals surface area (Å²) >= 11 is 1.26. The summed E-state index contributed by atoms with van der Waals surface area (Å²) in [7, 11) is 1.56. The van der Waals surface area contributed by atoms with E-state index >= 15 is 0 Å². The molecule has 2 aromatic rings. The Hall–Kier alpha value is -1.93. The average Bonchev–Trinajstić information content (AvgIpc) is 2.77. The molecule has 2 heterocycles. The number of aryl methyl sites for hydroxylation is 1. The fourth-order valence-corrected chi connectivity index (χ4v) is 3.43. The highest BCUT2D eigenvalue weighted by molar-refractivity contribution is 7.20. The van der Waals surface area contributed by atoms with Crippen molar-refractivity contribution in [2.75, 3.05) is 13.7 Å². The second-order valence-electron chi connectivity index (χ2n) is 4.49. The molecule has 7 nitrogen and oxygen atoms in total. The minimum absolute atomic E-state index is 0.305. The van der Waals surface area contributed by atoms with Crippen molar-refractivity contribution in [2.45, 2.75) is 26.9 Å². The number of nitrogens with zero attached hydrogens (tertiary/aromatic N) is 3. The second kappa shape index (κ2) is 6.23. The van der Waals surface area contributed by atoms with Gasteiger partial charge >= 0.3 is 5.69 Å².